The Balaban J connectivity index is 1.94. The van der Waals surface area contributed by atoms with Crippen molar-refractivity contribution in [1.82, 2.24) is 5.43 Å². The van der Waals surface area contributed by atoms with E-state index in [0.29, 0.717) is 0 Å². The SMILES string of the molecule is Cc1cccc2cc(C(NN)C3CSCCO3)oc12. The summed E-state index contributed by atoms with van der Waals surface area (Å²) in [6.07, 6.45) is 0.0598. The first-order valence-corrected chi connectivity index (χ1v) is 7.59. The van der Waals surface area contributed by atoms with Crippen LogP contribution in [0.1, 0.15) is 17.4 Å². The summed E-state index contributed by atoms with van der Waals surface area (Å²) in [4.78, 5) is 0. The smallest absolute Gasteiger partial charge is 0.137 e. The van der Waals surface area contributed by atoms with Gasteiger partial charge in [0.05, 0.1) is 12.7 Å². The normalized spacial score (nSPS) is 21.7. The van der Waals surface area contributed by atoms with Crippen molar-refractivity contribution in [1.29, 1.82) is 0 Å². The monoisotopic (exact) mass is 278 g/mol. The van der Waals surface area contributed by atoms with Crippen LogP contribution in [0.2, 0.25) is 0 Å². The molecular formula is C14H18N2O2S. The van der Waals surface area contributed by atoms with E-state index in [1.54, 1.807) is 0 Å². The van der Waals surface area contributed by atoms with Gasteiger partial charge in [-0.05, 0) is 18.6 Å². The van der Waals surface area contributed by atoms with Gasteiger partial charge in [0, 0.05) is 16.9 Å². The van der Waals surface area contributed by atoms with Crippen LogP contribution in [0, 0.1) is 6.92 Å². The van der Waals surface area contributed by atoms with Gasteiger partial charge in [-0.15, -0.1) is 0 Å². The molecule has 1 aliphatic heterocycles. The summed E-state index contributed by atoms with van der Waals surface area (Å²) in [6, 6.07) is 8.09. The molecule has 0 aliphatic carbocycles. The lowest BCUT2D eigenvalue weighted by Crippen LogP contribution is -2.41. The maximum Gasteiger partial charge on any atom is 0.137 e. The van der Waals surface area contributed by atoms with E-state index in [1.807, 2.05) is 30.8 Å². The second-order valence-electron chi connectivity index (χ2n) is 4.77. The number of nitrogens with one attached hydrogen (secondary N) is 1. The lowest BCUT2D eigenvalue weighted by molar-refractivity contribution is 0.0414. The molecule has 1 saturated heterocycles. The molecular weight excluding hydrogens is 260 g/mol. The van der Waals surface area contributed by atoms with Crippen LogP contribution >= 0.6 is 11.8 Å². The van der Waals surface area contributed by atoms with Gasteiger partial charge in [-0.3, -0.25) is 5.84 Å². The van der Waals surface area contributed by atoms with Crippen molar-refractivity contribution in [2.45, 2.75) is 19.1 Å². The first-order valence-electron chi connectivity index (χ1n) is 6.44. The molecule has 0 saturated carbocycles. The number of benzene rings is 1. The minimum Gasteiger partial charge on any atom is -0.459 e. The molecule has 3 rings (SSSR count). The van der Waals surface area contributed by atoms with E-state index in [9.17, 15) is 0 Å². The molecule has 1 aliphatic rings. The number of nitrogens with two attached hydrogens (primary N) is 1. The maximum atomic E-state index is 5.97. The number of ether oxygens (including phenoxy) is 1. The number of hydrogen-bond acceptors (Lipinski definition) is 5. The molecule has 0 spiro atoms. The van der Waals surface area contributed by atoms with Gasteiger partial charge in [-0.1, -0.05) is 18.2 Å². The van der Waals surface area contributed by atoms with Crippen LogP contribution in [0.25, 0.3) is 11.0 Å². The molecule has 19 heavy (non-hydrogen) atoms. The second-order valence-corrected chi connectivity index (χ2v) is 5.92. The van der Waals surface area contributed by atoms with Gasteiger partial charge in [0.2, 0.25) is 0 Å². The number of furan rings is 1. The lowest BCUT2D eigenvalue weighted by Gasteiger charge is -2.28. The number of hydrogen-bond donors (Lipinski definition) is 2. The Hall–Kier alpha value is -1.01. The van der Waals surface area contributed by atoms with Crippen molar-refractivity contribution in [3.8, 4) is 0 Å². The Morgan fingerprint density at radius 2 is 2.37 bits per heavy atom. The largest absolute Gasteiger partial charge is 0.459 e. The molecule has 1 aromatic heterocycles. The van der Waals surface area contributed by atoms with E-state index in [1.165, 1.54) is 0 Å². The van der Waals surface area contributed by atoms with E-state index in [2.05, 4.69) is 17.6 Å². The van der Waals surface area contributed by atoms with Gasteiger partial charge < -0.3 is 9.15 Å². The Labute approximate surface area is 116 Å². The summed E-state index contributed by atoms with van der Waals surface area (Å²) in [5.41, 5.74) is 4.91. The van der Waals surface area contributed by atoms with E-state index in [0.717, 1.165) is 40.4 Å². The Kier molecular flexibility index (Phi) is 3.79. The van der Waals surface area contributed by atoms with Crippen LogP contribution in [-0.2, 0) is 4.74 Å². The molecule has 5 heteroatoms. The fraction of sp³-hybridized carbons (Fsp3) is 0.429. The highest BCUT2D eigenvalue weighted by Gasteiger charge is 2.28. The summed E-state index contributed by atoms with van der Waals surface area (Å²) in [7, 11) is 0. The summed E-state index contributed by atoms with van der Waals surface area (Å²) < 4.78 is 11.8. The van der Waals surface area contributed by atoms with Crippen LogP contribution in [-0.4, -0.2) is 24.2 Å². The number of fused-ring (bicyclic) bond motifs is 1. The number of aryl methyl sites for hydroxylation is 1. The van der Waals surface area contributed by atoms with Crippen molar-refractivity contribution in [3.05, 3.63) is 35.6 Å². The minimum atomic E-state index is -0.0976. The van der Waals surface area contributed by atoms with Gasteiger partial charge in [0.25, 0.3) is 0 Å². The van der Waals surface area contributed by atoms with Crippen LogP contribution in [0.3, 0.4) is 0 Å². The highest BCUT2D eigenvalue weighted by molar-refractivity contribution is 7.99. The minimum absolute atomic E-state index is 0.0598. The van der Waals surface area contributed by atoms with Crippen LogP contribution in [0.4, 0.5) is 0 Å². The predicted molar refractivity (Wildman–Crippen MR) is 78.1 cm³/mol. The maximum absolute atomic E-state index is 5.97. The molecule has 102 valence electrons. The molecule has 3 N–H and O–H groups in total. The average molecular weight is 278 g/mol. The summed E-state index contributed by atoms with van der Waals surface area (Å²) >= 11 is 1.89. The van der Waals surface area contributed by atoms with Crippen molar-refractivity contribution in [2.75, 3.05) is 18.1 Å². The quantitative estimate of drug-likeness (QED) is 0.667. The zero-order valence-corrected chi connectivity index (χ0v) is 11.7. The molecule has 0 bridgehead atoms. The van der Waals surface area contributed by atoms with Gasteiger partial charge in [-0.2, -0.15) is 11.8 Å². The summed E-state index contributed by atoms with van der Waals surface area (Å²) in [6.45, 7) is 2.82. The van der Waals surface area contributed by atoms with Gasteiger partial charge in [0.15, 0.2) is 0 Å². The summed E-state index contributed by atoms with van der Waals surface area (Å²) in [5, 5.41) is 1.11. The third-order valence-electron chi connectivity index (χ3n) is 3.46. The van der Waals surface area contributed by atoms with Crippen molar-refractivity contribution in [2.24, 2.45) is 5.84 Å². The molecule has 2 atom stereocenters. The van der Waals surface area contributed by atoms with E-state index >= 15 is 0 Å². The zero-order valence-electron chi connectivity index (χ0n) is 10.9. The Morgan fingerprint density at radius 1 is 1.47 bits per heavy atom. The molecule has 2 unspecified atom stereocenters. The van der Waals surface area contributed by atoms with E-state index in [4.69, 9.17) is 15.0 Å². The fourth-order valence-corrected chi connectivity index (χ4v) is 3.35. The topological polar surface area (TPSA) is 60.4 Å². The third kappa shape index (κ3) is 2.51. The fourth-order valence-electron chi connectivity index (χ4n) is 2.45. The molecule has 0 amide bonds. The van der Waals surface area contributed by atoms with E-state index in [-0.39, 0.29) is 12.1 Å². The first kappa shape index (κ1) is 13.0. The molecule has 1 fully saturated rings. The average Bonchev–Trinajstić information content (AvgIpc) is 2.86. The Bertz CT molecular complexity index is 564. The standard InChI is InChI=1S/C14H18N2O2S/c1-9-3-2-4-10-7-11(18-14(9)10)13(16-15)12-8-19-6-5-17-12/h2-4,7,12-13,16H,5-6,8,15H2,1H3. The summed E-state index contributed by atoms with van der Waals surface area (Å²) in [5.74, 6) is 8.53. The van der Waals surface area contributed by atoms with Crippen molar-refractivity contribution in [3.63, 3.8) is 0 Å². The molecule has 4 nitrogen and oxygen atoms in total. The number of thioether (sulfide) groups is 1. The highest BCUT2D eigenvalue weighted by Crippen LogP contribution is 2.30. The third-order valence-corrected chi connectivity index (χ3v) is 4.48. The number of para-hydroxylation sites is 1. The number of hydrazine groups is 1. The van der Waals surface area contributed by atoms with Crippen molar-refractivity contribution >= 4 is 22.7 Å². The van der Waals surface area contributed by atoms with Gasteiger partial charge >= 0.3 is 0 Å². The molecule has 1 aromatic carbocycles. The van der Waals surface area contributed by atoms with E-state index < -0.39 is 0 Å². The number of rotatable bonds is 3. The second kappa shape index (κ2) is 5.54. The predicted octanol–water partition coefficient (Wildman–Crippen LogP) is 2.38. The van der Waals surface area contributed by atoms with Crippen LogP contribution in [0.15, 0.2) is 28.7 Å². The lowest BCUT2D eigenvalue weighted by atomic mass is 10.1. The molecule has 2 heterocycles. The van der Waals surface area contributed by atoms with Gasteiger partial charge in [-0.25, -0.2) is 5.43 Å². The molecule has 0 radical (unpaired) electrons. The van der Waals surface area contributed by atoms with Crippen LogP contribution < -0.4 is 11.3 Å². The van der Waals surface area contributed by atoms with Gasteiger partial charge in [0.1, 0.15) is 17.4 Å². The zero-order chi connectivity index (χ0) is 13.2. The van der Waals surface area contributed by atoms with Crippen molar-refractivity contribution < 1.29 is 9.15 Å². The first-order chi connectivity index (χ1) is 9.29. The highest BCUT2D eigenvalue weighted by atomic mass is 32.2. The molecule has 2 aromatic rings. The van der Waals surface area contributed by atoms with Crippen LogP contribution in [0.5, 0.6) is 0 Å². The Morgan fingerprint density at radius 3 is 3.05 bits per heavy atom.